The van der Waals surface area contributed by atoms with Gasteiger partial charge in [-0.3, -0.25) is 9.48 Å². The van der Waals surface area contributed by atoms with Crippen LogP contribution in [0.25, 0.3) is 11.3 Å². The molecule has 0 atom stereocenters. The Bertz CT molecular complexity index is 948. The second-order valence-electron chi connectivity index (χ2n) is 6.53. The zero-order valence-corrected chi connectivity index (χ0v) is 14.7. The fourth-order valence-corrected chi connectivity index (χ4v) is 3.37. The van der Waals surface area contributed by atoms with Gasteiger partial charge >= 0.3 is 0 Å². The van der Waals surface area contributed by atoms with Crippen molar-refractivity contribution in [2.75, 3.05) is 5.32 Å². The zero-order valence-electron chi connectivity index (χ0n) is 14.7. The van der Waals surface area contributed by atoms with Crippen molar-refractivity contribution in [3.05, 3.63) is 58.7 Å². The number of aryl methyl sites for hydroxylation is 4. The third-order valence-electron chi connectivity index (χ3n) is 4.76. The topological polar surface area (TPSA) is 60.1 Å². The largest absolute Gasteiger partial charge is 0.455 e. The summed E-state index contributed by atoms with van der Waals surface area (Å²) in [4.78, 5) is 12.7. The van der Waals surface area contributed by atoms with E-state index in [0.717, 1.165) is 53.2 Å². The normalized spacial score (nSPS) is 12.6. The van der Waals surface area contributed by atoms with Crippen LogP contribution in [0.5, 0.6) is 0 Å². The molecule has 5 nitrogen and oxygen atoms in total. The average Bonchev–Trinajstić information content (AvgIpc) is 3.17. The maximum Gasteiger partial charge on any atom is 0.291 e. The molecule has 0 saturated heterocycles. The van der Waals surface area contributed by atoms with E-state index in [9.17, 15) is 4.79 Å². The van der Waals surface area contributed by atoms with E-state index in [0.29, 0.717) is 5.76 Å². The molecule has 0 spiro atoms. The summed E-state index contributed by atoms with van der Waals surface area (Å²) in [7, 11) is 0. The summed E-state index contributed by atoms with van der Waals surface area (Å²) in [5, 5.41) is 7.58. The molecule has 0 saturated carbocycles. The molecule has 1 aliphatic rings. The third-order valence-corrected chi connectivity index (χ3v) is 4.76. The first-order valence-corrected chi connectivity index (χ1v) is 8.63. The Morgan fingerprint density at radius 3 is 2.72 bits per heavy atom. The van der Waals surface area contributed by atoms with Crippen molar-refractivity contribution in [2.24, 2.45) is 0 Å². The van der Waals surface area contributed by atoms with Crippen LogP contribution in [-0.2, 0) is 19.4 Å². The molecule has 1 N–H and O–H groups in total. The molecular weight excluding hydrogens is 314 g/mol. The van der Waals surface area contributed by atoms with Gasteiger partial charge in [-0.2, -0.15) is 5.10 Å². The highest BCUT2D eigenvalue weighted by Crippen LogP contribution is 2.38. The molecule has 4 rings (SSSR count). The van der Waals surface area contributed by atoms with Crippen LogP contribution in [0.1, 0.15) is 39.9 Å². The van der Waals surface area contributed by atoms with Crippen LogP contribution in [0.3, 0.4) is 0 Å². The number of hydrogen-bond donors (Lipinski definition) is 1. The summed E-state index contributed by atoms with van der Waals surface area (Å²) in [6.45, 7) is 6.86. The minimum absolute atomic E-state index is 0.216. The molecular formula is C20H21N3O2. The number of carbonyl (C=O) groups is 1. The van der Waals surface area contributed by atoms with Gasteiger partial charge in [0.2, 0.25) is 0 Å². The van der Waals surface area contributed by atoms with Crippen LogP contribution < -0.4 is 5.32 Å². The number of amides is 1. The van der Waals surface area contributed by atoms with Crippen LogP contribution in [-0.4, -0.2) is 15.7 Å². The van der Waals surface area contributed by atoms with Crippen LogP contribution in [0.4, 0.5) is 5.69 Å². The Morgan fingerprint density at radius 2 is 2.00 bits per heavy atom. The molecule has 5 heteroatoms. The van der Waals surface area contributed by atoms with Gasteiger partial charge in [0.05, 0.1) is 5.69 Å². The van der Waals surface area contributed by atoms with E-state index in [2.05, 4.69) is 23.5 Å². The predicted molar refractivity (Wildman–Crippen MR) is 96.9 cm³/mol. The molecule has 0 bridgehead atoms. The first-order chi connectivity index (χ1) is 12.1. The first kappa shape index (κ1) is 15.7. The van der Waals surface area contributed by atoms with E-state index in [-0.39, 0.29) is 5.91 Å². The number of anilines is 1. The van der Waals surface area contributed by atoms with Crippen LogP contribution in [0.15, 0.2) is 34.9 Å². The highest BCUT2D eigenvalue weighted by Gasteiger charge is 2.29. The van der Waals surface area contributed by atoms with Crippen LogP contribution >= 0.6 is 0 Å². The number of nitrogens with one attached hydrogen (secondary N) is 1. The van der Waals surface area contributed by atoms with Gasteiger partial charge in [0, 0.05) is 36.0 Å². The van der Waals surface area contributed by atoms with Gasteiger partial charge in [-0.25, -0.2) is 0 Å². The second kappa shape index (κ2) is 5.92. The highest BCUT2D eigenvalue weighted by molar-refractivity contribution is 6.04. The maximum absolute atomic E-state index is 12.7. The van der Waals surface area contributed by atoms with E-state index in [1.54, 1.807) is 0 Å². The molecule has 2 aromatic heterocycles. The van der Waals surface area contributed by atoms with Gasteiger partial charge < -0.3 is 9.73 Å². The molecule has 25 heavy (non-hydrogen) atoms. The fourth-order valence-electron chi connectivity index (χ4n) is 3.37. The maximum atomic E-state index is 12.7. The van der Waals surface area contributed by atoms with Crippen molar-refractivity contribution in [3.63, 3.8) is 0 Å². The Morgan fingerprint density at radius 1 is 1.24 bits per heavy atom. The Balaban J connectivity index is 1.69. The van der Waals surface area contributed by atoms with Crippen molar-refractivity contribution in [1.29, 1.82) is 0 Å². The molecule has 0 radical (unpaired) electrons. The summed E-state index contributed by atoms with van der Waals surface area (Å²) in [6, 6.07) is 7.73. The Kier molecular flexibility index (Phi) is 3.71. The lowest BCUT2D eigenvalue weighted by Gasteiger charge is -2.09. The summed E-state index contributed by atoms with van der Waals surface area (Å²) in [5.74, 6) is 1.03. The van der Waals surface area contributed by atoms with Gasteiger partial charge in [0.1, 0.15) is 5.76 Å². The smallest absolute Gasteiger partial charge is 0.291 e. The lowest BCUT2D eigenvalue weighted by molar-refractivity contribution is 0.0994. The van der Waals surface area contributed by atoms with Crippen molar-refractivity contribution < 1.29 is 9.21 Å². The fraction of sp³-hybridized carbons (Fsp3) is 0.300. The van der Waals surface area contributed by atoms with E-state index in [1.165, 1.54) is 5.56 Å². The van der Waals surface area contributed by atoms with E-state index in [4.69, 9.17) is 4.42 Å². The van der Waals surface area contributed by atoms with E-state index < -0.39 is 0 Å². The third kappa shape index (κ3) is 2.65. The molecule has 1 aromatic carbocycles. The quantitative estimate of drug-likeness (QED) is 0.783. The van der Waals surface area contributed by atoms with Gasteiger partial charge in [0.25, 0.3) is 5.91 Å². The van der Waals surface area contributed by atoms with Gasteiger partial charge in [0.15, 0.2) is 5.76 Å². The number of furan rings is 1. The summed E-state index contributed by atoms with van der Waals surface area (Å²) < 4.78 is 7.88. The van der Waals surface area contributed by atoms with E-state index >= 15 is 0 Å². The lowest BCUT2D eigenvalue weighted by atomic mass is 9.93. The van der Waals surface area contributed by atoms with Gasteiger partial charge in [-0.15, -0.1) is 0 Å². The van der Waals surface area contributed by atoms with E-state index in [1.807, 2.05) is 42.8 Å². The molecule has 1 amide bonds. The SMILES string of the molecule is CCn1cc2c(n1)-c1c(oc(C(=O)Nc3ccc(C)cc3)c1C)CC2. The average molecular weight is 335 g/mol. The number of fused-ring (bicyclic) bond motifs is 3. The standard InChI is InChI=1S/C20H21N3O2/c1-4-23-11-14-7-10-16-17(18(14)22-23)13(3)19(25-16)20(24)21-15-8-5-12(2)6-9-15/h5-6,8-9,11H,4,7,10H2,1-3H3,(H,21,24). The summed E-state index contributed by atoms with van der Waals surface area (Å²) in [6.07, 6.45) is 3.79. The minimum atomic E-state index is -0.216. The van der Waals surface area contributed by atoms with Gasteiger partial charge in [-0.05, 0) is 44.9 Å². The van der Waals surface area contributed by atoms with Crippen molar-refractivity contribution in [2.45, 2.75) is 40.2 Å². The first-order valence-electron chi connectivity index (χ1n) is 8.63. The minimum Gasteiger partial charge on any atom is -0.455 e. The number of rotatable bonds is 3. The number of benzene rings is 1. The number of aromatic nitrogens is 2. The van der Waals surface area contributed by atoms with Crippen molar-refractivity contribution in [1.82, 2.24) is 9.78 Å². The molecule has 0 aliphatic heterocycles. The molecule has 3 aromatic rings. The molecule has 128 valence electrons. The number of nitrogens with zero attached hydrogens (tertiary/aromatic N) is 2. The predicted octanol–water partition coefficient (Wildman–Crippen LogP) is 4.13. The molecule has 2 heterocycles. The molecule has 0 unspecified atom stereocenters. The number of carbonyl (C=O) groups excluding carboxylic acids is 1. The monoisotopic (exact) mass is 335 g/mol. The second-order valence-corrected chi connectivity index (χ2v) is 6.53. The van der Waals surface area contributed by atoms with Crippen LogP contribution in [0, 0.1) is 13.8 Å². The number of hydrogen-bond acceptors (Lipinski definition) is 3. The Hall–Kier alpha value is -2.82. The van der Waals surface area contributed by atoms with Gasteiger partial charge in [-0.1, -0.05) is 17.7 Å². The highest BCUT2D eigenvalue weighted by atomic mass is 16.4. The zero-order chi connectivity index (χ0) is 17.6. The molecule has 0 fully saturated rings. The van der Waals surface area contributed by atoms with Crippen LogP contribution in [0.2, 0.25) is 0 Å². The summed E-state index contributed by atoms with van der Waals surface area (Å²) >= 11 is 0. The lowest BCUT2D eigenvalue weighted by Crippen LogP contribution is -2.12. The van der Waals surface area contributed by atoms with Crippen molar-refractivity contribution in [3.8, 4) is 11.3 Å². The van der Waals surface area contributed by atoms with Crippen molar-refractivity contribution >= 4 is 11.6 Å². The molecule has 1 aliphatic carbocycles. The summed E-state index contributed by atoms with van der Waals surface area (Å²) in [5.41, 5.74) is 5.95. The Labute approximate surface area is 146 Å².